The molecule has 7 nitrogen and oxygen atoms in total. The van der Waals surface area contributed by atoms with Crippen LogP contribution in [0.4, 0.5) is 5.69 Å². The maximum absolute atomic E-state index is 7.70. The van der Waals surface area contributed by atoms with Crippen LogP contribution >= 0.6 is 0 Å². The molecule has 7 heteroatoms. The molecule has 0 saturated heterocycles. The van der Waals surface area contributed by atoms with Gasteiger partial charge in [0.1, 0.15) is 0 Å². The summed E-state index contributed by atoms with van der Waals surface area (Å²) >= 11 is 0. The summed E-state index contributed by atoms with van der Waals surface area (Å²) in [6.45, 7) is 7.70. The molecule has 0 amide bonds. The van der Waals surface area contributed by atoms with Crippen molar-refractivity contribution in [2.45, 2.75) is 0 Å². The van der Waals surface area contributed by atoms with Gasteiger partial charge in [0.2, 0.25) is 0 Å². The zero-order chi connectivity index (χ0) is 37.7. The van der Waals surface area contributed by atoms with Crippen LogP contribution in [0.25, 0.3) is 95.4 Å². The molecule has 0 aliphatic rings. The SMILES string of the molecule is [C-]#[N+]c1ccccc1-c1nc(-c2ccccc2)nc(-c2ccc(-c3ccc(-c4nc(-c5ccccc5)nc(-c5ccc(-c6ccccc6)cc5)n4)cc3)cc2)n1. The molecule has 9 aromatic rings. The quantitative estimate of drug-likeness (QED) is 0.146. The van der Waals surface area contributed by atoms with Gasteiger partial charge in [-0.2, -0.15) is 0 Å². The van der Waals surface area contributed by atoms with Crippen molar-refractivity contribution >= 4 is 5.69 Å². The van der Waals surface area contributed by atoms with Gasteiger partial charge in [0, 0.05) is 33.4 Å². The van der Waals surface area contributed by atoms with E-state index in [9.17, 15) is 0 Å². The van der Waals surface area contributed by atoms with E-state index in [1.54, 1.807) is 6.07 Å². The van der Waals surface area contributed by atoms with E-state index >= 15 is 0 Å². The molecular formula is C49H31N7. The third kappa shape index (κ3) is 7.06. The molecule has 0 atom stereocenters. The standard InChI is InChI=1S/C49H31N7/c1-50-43-20-12-11-19-42(43)49-55-45(38-17-9-4-10-18-38)53-48(56-49)41-31-25-36(26-32-41)35-23-29-40(30-24-35)47-52-44(37-15-7-3-8-16-37)51-46(54-47)39-27-21-34(22-28-39)33-13-5-2-6-14-33/h2-32H. The van der Waals surface area contributed by atoms with Crippen LogP contribution in [-0.4, -0.2) is 29.9 Å². The zero-order valence-electron chi connectivity index (χ0n) is 30.0. The highest BCUT2D eigenvalue weighted by Gasteiger charge is 2.16. The summed E-state index contributed by atoms with van der Waals surface area (Å²) in [6.07, 6.45) is 0. The molecule has 7 aromatic carbocycles. The van der Waals surface area contributed by atoms with Gasteiger partial charge >= 0.3 is 0 Å². The molecule has 0 aliphatic carbocycles. The largest absolute Gasteiger partial charge is 0.237 e. The fourth-order valence-corrected chi connectivity index (χ4v) is 6.52. The Morgan fingerprint density at radius 3 is 0.857 bits per heavy atom. The van der Waals surface area contributed by atoms with E-state index in [1.807, 2.05) is 109 Å². The lowest BCUT2D eigenvalue weighted by Gasteiger charge is -2.11. The predicted octanol–water partition coefficient (Wildman–Crippen LogP) is 11.9. The van der Waals surface area contributed by atoms with Gasteiger partial charge in [-0.05, 0) is 22.3 Å². The van der Waals surface area contributed by atoms with Crippen molar-refractivity contribution in [1.29, 1.82) is 0 Å². The smallest absolute Gasteiger partial charge is 0.198 e. The Hall–Kier alpha value is -7.95. The second kappa shape index (κ2) is 15.2. The Kier molecular flexibility index (Phi) is 9.18. The first-order valence-electron chi connectivity index (χ1n) is 18.2. The van der Waals surface area contributed by atoms with Crippen LogP contribution in [-0.2, 0) is 0 Å². The van der Waals surface area contributed by atoms with Crippen LogP contribution in [0.2, 0.25) is 0 Å². The van der Waals surface area contributed by atoms with Crippen molar-refractivity contribution in [3.05, 3.63) is 199 Å². The van der Waals surface area contributed by atoms with E-state index in [-0.39, 0.29) is 0 Å². The van der Waals surface area contributed by atoms with Gasteiger partial charge in [-0.15, -0.1) is 0 Å². The van der Waals surface area contributed by atoms with Crippen molar-refractivity contribution in [1.82, 2.24) is 29.9 Å². The molecular weight excluding hydrogens is 687 g/mol. The number of hydrogen-bond acceptors (Lipinski definition) is 6. The molecule has 2 aromatic heterocycles. The summed E-state index contributed by atoms with van der Waals surface area (Å²) in [5, 5.41) is 0. The number of benzene rings is 7. The van der Waals surface area contributed by atoms with Crippen LogP contribution in [0.15, 0.2) is 188 Å². The van der Waals surface area contributed by atoms with Crippen molar-refractivity contribution < 1.29 is 0 Å². The van der Waals surface area contributed by atoms with Gasteiger partial charge in [-0.1, -0.05) is 188 Å². The average Bonchev–Trinajstić information content (AvgIpc) is 3.29. The molecule has 9 rings (SSSR count). The zero-order valence-corrected chi connectivity index (χ0v) is 30.0. The molecule has 0 aliphatic heterocycles. The fourth-order valence-electron chi connectivity index (χ4n) is 6.52. The van der Waals surface area contributed by atoms with Crippen LogP contribution in [0.1, 0.15) is 0 Å². The summed E-state index contributed by atoms with van der Waals surface area (Å²) in [5.74, 6) is 3.37. The maximum Gasteiger partial charge on any atom is 0.198 e. The number of aromatic nitrogens is 6. The molecule has 0 spiro atoms. The first-order valence-corrected chi connectivity index (χ1v) is 18.2. The lowest BCUT2D eigenvalue weighted by Crippen LogP contribution is -2.00. The van der Waals surface area contributed by atoms with Crippen molar-refractivity contribution in [2.24, 2.45) is 0 Å². The van der Waals surface area contributed by atoms with E-state index in [2.05, 4.69) is 77.6 Å². The lowest BCUT2D eigenvalue weighted by atomic mass is 10.0. The molecule has 2 heterocycles. The third-order valence-corrected chi connectivity index (χ3v) is 9.47. The molecule has 56 heavy (non-hydrogen) atoms. The Bertz CT molecular complexity index is 2820. The normalized spacial score (nSPS) is 10.8. The third-order valence-electron chi connectivity index (χ3n) is 9.47. The van der Waals surface area contributed by atoms with Gasteiger partial charge in [-0.25, -0.2) is 34.7 Å². The Morgan fingerprint density at radius 1 is 0.250 bits per heavy atom. The van der Waals surface area contributed by atoms with E-state index in [1.165, 1.54) is 0 Å². The lowest BCUT2D eigenvalue weighted by molar-refractivity contribution is 1.07. The molecule has 0 N–H and O–H groups in total. The summed E-state index contributed by atoms with van der Waals surface area (Å²) in [4.78, 5) is 33.0. The van der Waals surface area contributed by atoms with Gasteiger partial charge in [0.05, 0.1) is 6.57 Å². The van der Waals surface area contributed by atoms with E-state index < -0.39 is 0 Å². The van der Waals surface area contributed by atoms with Gasteiger partial charge in [0.15, 0.2) is 40.6 Å². The van der Waals surface area contributed by atoms with Crippen LogP contribution in [0.5, 0.6) is 0 Å². The maximum atomic E-state index is 7.70. The van der Waals surface area contributed by atoms with E-state index in [4.69, 9.17) is 36.5 Å². The molecule has 0 radical (unpaired) electrons. The second-order valence-corrected chi connectivity index (χ2v) is 13.1. The van der Waals surface area contributed by atoms with Crippen molar-refractivity contribution in [3.63, 3.8) is 0 Å². The molecule has 0 bridgehead atoms. The number of para-hydroxylation sites is 1. The number of hydrogen-bond donors (Lipinski definition) is 0. The minimum absolute atomic E-state index is 0.459. The van der Waals surface area contributed by atoms with Gasteiger partial charge in [-0.3, -0.25) is 0 Å². The average molecular weight is 718 g/mol. The topological polar surface area (TPSA) is 81.7 Å². The summed E-state index contributed by atoms with van der Waals surface area (Å²) in [5.41, 5.74) is 9.97. The fraction of sp³-hybridized carbons (Fsp3) is 0. The highest BCUT2D eigenvalue weighted by atomic mass is 15.0. The monoisotopic (exact) mass is 717 g/mol. The summed E-state index contributed by atoms with van der Waals surface area (Å²) in [7, 11) is 0. The second-order valence-electron chi connectivity index (χ2n) is 13.1. The Labute approximate surface area is 324 Å². The Balaban J connectivity index is 1.03. The minimum atomic E-state index is 0.459. The molecule has 0 saturated carbocycles. The van der Waals surface area contributed by atoms with E-state index in [0.29, 0.717) is 46.2 Å². The predicted molar refractivity (Wildman–Crippen MR) is 223 cm³/mol. The minimum Gasteiger partial charge on any atom is -0.237 e. The van der Waals surface area contributed by atoms with Crippen molar-refractivity contribution in [3.8, 4) is 90.6 Å². The van der Waals surface area contributed by atoms with Crippen LogP contribution < -0.4 is 0 Å². The van der Waals surface area contributed by atoms with Crippen LogP contribution in [0, 0.1) is 6.57 Å². The summed E-state index contributed by atoms with van der Waals surface area (Å²) < 4.78 is 0. The van der Waals surface area contributed by atoms with Gasteiger partial charge < -0.3 is 0 Å². The molecule has 262 valence electrons. The van der Waals surface area contributed by atoms with E-state index in [0.717, 1.165) is 50.1 Å². The van der Waals surface area contributed by atoms with Crippen LogP contribution in [0.3, 0.4) is 0 Å². The first-order chi connectivity index (χ1) is 27.7. The summed E-state index contributed by atoms with van der Waals surface area (Å²) in [6, 6.07) is 62.3. The highest BCUT2D eigenvalue weighted by molar-refractivity contribution is 5.77. The molecule has 0 fully saturated rings. The first kappa shape index (κ1) is 33.9. The number of rotatable bonds is 8. The van der Waals surface area contributed by atoms with Crippen molar-refractivity contribution in [2.75, 3.05) is 0 Å². The highest BCUT2D eigenvalue weighted by Crippen LogP contribution is 2.33. The Morgan fingerprint density at radius 2 is 0.500 bits per heavy atom. The number of nitrogens with zero attached hydrogens (tertiary/aromatic N) is 7. The van der Waals surface area contributed by atoms with Gasteiger partial charge in [0.25, 0.3) is 0 Å². The molecule has 0 unspecified atom stereocenters.